The molecule has 0 aliphatic rings. The molecule has 1 aromatic carbocycles. The summed E-state index contributed by atoms with van der Waals surface area (Å²) in [6.07, 6.45) is -0.905. The summed E-state index contributed by atoms with van der Waals surface area (Å²) < 4.78 is 14.9. The second kappa shape index (κ2) is 14.6. The maximum absolute atomic E-state index is 12.4. The van der Waals surface area contributed by atoms with Crippen LogP contribution in [0.5, 0.6) is 0 Å². The molecule has 11 nitrogen and oxygen atoms in total. The first-order valence-corrected chi connectivity index (χ1v) is 11.2. The summed E-state index contributed by atoms with van der Waals surface area (Å²) >= 11 is 0. The first-order chi connectivity index (χ1) is 16.4. The Kier molecular flexibility index (Phi) is 12.3. The van der Waals surface area contributed by atoms with E-state index in [1.807, 2.05) is 30.3 Å². The monoisotopic (exact) mass is 493 g/mol. The Hall–Kier alpha value is -3.63. The fourth-order valence-electron chi connectivity index (χ4n) is 2.77. The van der Waals surface area contributed by atoms with Crippen LogP contribution in [-0.2, 0) is 40.0 Å². The highest BCUT2D eigenvalue weighted by Crippen LogP contribution is 2.07. The molecule has 0 radical (unpaired) electrons. The molecule has 1 aromatic rings. The topological polar surface area (TPSA) is 140 Å². The second-order valence-corrected chi connectivity index (χ2v) is 8.76. The zero-order chi connectivity index (χ0) is 26.4. The van der Waals surface area contributed by atoms with Gasteiger partial charge in [0.2, 0.25) is 11.8 Å². The van der Waals surface area contributed by atoms with E-state index in [0.717, 1.165) is 5.56 Å². The SMILES string of the molecule is COC(=O)[C@@H](CCC(=O)N(C)CC(=O)OCc1ccccc1)NC(=O)CCNC(=O)OC(C)(C)C. The molecule has 11 heteroatoms. The number of nitrogens with one attached hydrogen (secondary N) is 2. The van der Waals surface area contributed by atoms with E-state index >= 15 is 0 Å². The Balaban J connectivity index is 2.44. The molecular weight excluding hydrogens is 458 g/mol. The van der Waals surface area contributed by atoms with Gasteiger partial charge in [0.25, 0.3) is 0 Å². The Morgan fingerprint density at radius 2 is 1.69 bits per heavy atom. The summed E-state index contributed by atoms with van der Waals surface area (Å²) in [7, 11) is 2.61. The molecule has 0 spiro atoms. The lowest BCUT2D eigenvalue weighted by Gasteiger charge is -2.20. The fraction of sp³-hybridized carbons (Fsp3) is 0.542. The molecule has 3 amide bonds. The van der Waals surface area contributed by atoms with Gasteiger partial charge in [0.15, 0.2) is 0 Å². The summed E-state index contributed by atoms with van der Waals surface area (Å²) in [4.78, 5) is 61.5. The number of hydrogen-bond donors (Lipinski definition) is 2. The molecule has 0 bridgehead atoms. The standard InChI is InChI=1S/C24H35N3O8/c1-24(2,3)35-23(32)25-14-13-19(28)26-18(22(31)33-5)11-12-20(29)27(4)15-21(30)34-16-17-9-7-6-8-10-17/h6-10,18H,11-16H2,1-5H3,(H,25,32)(H,26,28)/t18-/m1/s1. The molecule has 0 fully saturated rings. The Morgan fingerprint density at radius 3 is 2.29 bits per heavy atom. The molecule has 0 saturated heterocycles. The molecule has 0 aliphatic heterocycles. The minimum absolute atomic E-state index is 0.00139. The maximum atomic E-state index is 12.4. The van der Waals surface area contributed by atoms with Gasteiger partial charge < -0.3 is 29.7 Å². The van der Waals surface area contributed by atoms with Crippen LogP contribution >= 0.6 is 0 Å². The number of ether oxygens (including phenoxy) is 3. The van der Waals surface area contributed by atoms with Crippen LogP contribution in [0.2, 0.25) is 0 Å². The first kappa shape index (κ1) is 29.4. The molecule has 1 atom stereocenters. The fourth-order valence-corrected chi connectivity index (χ4v) is 2.77. The van der Waals surface area contributed by atoms with E-state index in [0.29, 0.717) is 0 Å². The van der Waals surface area contributed by atoms with Crippen molar-refractivity contribution in [3.63, 3.8) is 0 Å². The number of carbonyl (C=O) groups is 5. The van der Waals surface area contributed by atoms with Gasteiger partial charge in [-0.25, -0.2) is 9.59 Å². The Labute approximate surface area is 205 Å². The number of amides is 3. The molecule has 0 aromatic heterocycles. The Bertz CT molecular complexity index is 867. The minimum atomic E-state index is -1.06. The van der Waals surface area contributed by atoms with E-state index in [9.17, 15) is 24.0 Å². The van der Waals surface area contributed by atoms with E-state index < -0.39 is 41.5 Å². The molecule has 0 saturated carbocycles. The number of methoxy groups -OCH3 is 1. The van der Waals surface area contributed by atoms with E-state index in [-0.39, 0.29) is 39.0 Å². The van der Waals surface area contributed by atoms with E-state index in [2.05, 4.69) is 10.6 Å². The molecule has 194 valence electrons. The summed E-state index contributed by atoms with van der Waals surface area (Å²) in [5.74, 6) is -2.20. The second-order valence-electron chi connectivity index (χ2n) is 8.76. The van der Waals surface area contributed by atoms with Crippen LogP contribution in [-0.4, -0.2) is 73.6 Å². The van der Waals surface area contributed by atoms with Crippen molar-refractivity contribution in [3.05, 3.63) is 35.9 Å². The number of esters is 2. The molecule has 1 rings (SSSR count). The van der Waals surface area contributed by atoms with Crippen LogP contribution in [0.1, 0.15) is 45.6 Å². The lowest BCUT2D eigenvalue weighted by molar-refractivity contribution is -0.150. The third kappa shape index (κ3) is 13.0. The Morgan fingerprint density at radius 1 is 1.03 bits per heavy atom. The molecule has 0 heterocycles. The number of alkyl carbamates (subject to hydrolysis) is 1. The molecular formula is C24H35N3O8. The molecule has 35 heavy (non-hydrogen) atoms. The lowest BCUT2D eigenvalue weighted by atomic mass is 10.1. The zero-order valence-electron chi connectivity index (χ0n) is 20.9. The molecule has 0 unspecified atom stereocenters. The number of nitrogens with zero attached hydrogens (tertiary/aromatic N) is 1. The van der Waals surface area contributed by atoms with Crippen molar-refractivity contribution in [1.82, 2.24) is 15.5 Å². The highest BCUT2D eigenvalue weighted by atomic mass is 16.6. The predicted molar refractivity (Wildman–Crippen MR) is 126 cm³/mol. The van der Waals surface area contributed by atoms with Gasteiger partial charge in [-0.1, -0.05) is 30.3 Å². The van der Waals surface area contributed by atoms with Crippen molar-refractivity contribution >= 4 is 29.8 Å². The number of rotatable bonds is 12. The lowest BCUT2D eigenvalue weighted by Crippen LogP contribution is -2.44. The van der Waals surface area contributed by atoms with Gasteiger partial charge in [-0.05, 0) is 32.8 Å². The normalized spacial score (nSPS) is 11.6. The van der Waals surface area contributed by atoms with Crippen LogP contribution in [0.3, 0.4) is 0 Å². The highest BCUT2D eigenvalue weighted by Gasteiger charge is 2.24. The molecule has 2 N–H and O–H groups in total. The quantitative estimate of drug-likeness (QED) is 0.330. The van der Waals surface area contributed by atoms with Gasteiger partial charge in [0.1, 0.15) is 24.8 Å². The maximum Gasteiger partial charge on any atom is 0.407 e. The van der Waals surface area contributed by atoms with E-state index in [1.54, 1.807) is 20.8 Å². The van der Waals surface area contributed by atoms with Crippen molar-refractivity contribution in [2.45, 2.75) is 58.3 Å². The van der Waals surface area contributed by atoms with Crippen molar-refractivity contribution in [2.24, 2.45) is 0 Å². The van der Waals surface area contributed by atoms with Crippen molar-refractivity contribution in [3.8, 4) is 0 Å². The number of likely N-dealkylation sites (N-methyl/N-ethyl adjacent to an activating group) is 1. The third-order valence-electron chi connectivity index (χ3n) is 4.52. The van der Waals surface area contributed by atoms with Gasteiger partial charge in [-0.2, -0.15) is 0 Å². The van der Waals surface area contributed by atoms with Gasteiger partial charge in [0.05, 0.1) is 7.11 Å². The van der Waals surface area contributed by atoms with Crippen molar-refractivity contribution in [2.75, 3.05) is 27.2 Å². The van der Waals surface area contributed by atoms with Crippen LogP contribution in [0, 0.1) is 0 Å². The van der Waals surface area contributed by atoms with Crippen molar-refractivity contribution < 1.29 is 38.2 Å². The summed E-state index contributed by atoms with van der Waals surface area (Å²) in [6, 6.07) is 8.08. The van der Waals surface area contributed by atoms with Crippen LogP contribution < -0.4 is 10.6 Å². The van der Waals surface area contributed by atoms with Gasteiger partial charge in [-0.15, -0.1) is 0 Å². The highest BCUT2D eigenvalue weighted by molar-refractivity contribution is 5.86. The third-order valence-corrected chi connectivity index (χ3v) is 4.52. The number of hydrogen-bond acceptors (Lipinski definition) is 8. The van der Waals surface area contributed by atoms with Crippen LogP contribution in [0.25, 0.3) is 0 Å². The molecule has 0 aliphatic carbocycles. The van der Waals surface area contributed by atoms with Crippen LogP contribution in [0.15, 0.2) is 30.3 Å². The smallest absolute Gasteiger partial charge is 0.407 e. The van der Waals surface area contributed by atoms with Gasteiger partial charge in [0, 0.05) is 26.4 Å². The summed E-state index contributed by atoms with van der Waals surface area (Å²) in [5, 5.41) is 4.94. The van der Waals surface area contributed by atoms with Crippen molar-refractivity contribution in [1.29, 1.82) is 0 Å². The number of benzene rings is 1. The first-order valence-electron chi connectivity index (χ1n) is 11.2. The number of carbonyl (C=O) groups excluding carboxylic acids is 5. The van der Waals surface area contributed by atoms with E-state index in [1.165, 1.54) is 19.1 Å². The van der Waals surface area contributed by atoms with Gasteiger partial charge >= 0.3 is 18.0 Å². The largest absolute Gasteiger partial charge is 0.467 e. The average molecular weight is 494 g/mol. The van der Waals surface area contributed by atoms with Crippen LogP contribution in [0.4, 0.5) is 4.79 Å². The summed E-state index contributed by atoms with van der Waals surface area (Å²) in [5.41, 5.74) is 0.161. The predicted octanol–water partition coefficient (Wildman–Crippen LogP) is 1.54. The van der Waals surface area contributed by atoms with Gasteiger partial charge in [-0.3, -0.25) is 14.4 Å². The average Bonchev–Trinajstić information content (AvgIpc) is 2.79. The minimum Gasteiger partial charge on any atom is -0.467 e. The van der Waals surface area contributed by atoms with E-state index in [4.69, 9.17) is 14.2 Å². The zero-order valence-corrected chi connectivity index (χ0v) is 20.9. The summed E-state index contributed by atoms with van der Waals surface area (Å²) in [6.45, 7) is 4.99.